The summed E-state index contributed by atoms with van der Waals surface area (Å²) in [6.45, 7) is -0.116. The van der Waals surface area contributed by atoms with Crippen LogP contribution in [0.5, 0.6) is 0 Å². The van der Waals surface area contributed by atoms with Crippen LogP contribution in [0.4, 0.5) is 13.2 Å². The van der Waals surface area contributed by atoms with Crippen LogP contribution >= 0.6 is 0 Å². The van der Waals surface area contributed by atoms with Crippen LogP contribution in [0.1, 0.15) is 11.4 Å². The Bertz CT molecular complexity index is 581. The van der Waals surface area contributed by atoms with E-state index in [2.05, 4.69) is 5.10 Å². The van der Waals surface area contributed by atoms with E-state index in [1.807, 2.05) is 0 Å². The molecule has 0 unspecified atom stereocenters. The number of hydrogen-bond donors (Lipinski definition) is 1. The van der Waals surface area contributed by atoms with Crippen molar-refractivity contribution < 1.29 is 26.7 Å². The summed E-state index contributed by atoms with van der Waals surface area (Å²) >= 11 is 0. The zero-order valence-corrected chi connectivity index (χ0v) is 12.1. The number of halogens is 3. The quantitative estimate of drug-likeness (QED) is 0.862. The van der Waals surface area contributed by atoms with Gasteiger partial charge < -0.3 is 5.11 Å². The Kier molecular flexibility index (Phi) is 4.82. The van der Waals surface area contributed by atoms with Crippen LogP contribution in [-0.2, 0) is 17.1 Å². The van der Waals surface area contributed by atoms with Crippen molar-refractivity contribution in [2.75, 3.05) is 19.7 Å². The van der Waals surface area contributed by atoms with Crippen molar-refractivity contribution >= 4 is 10.0 Å². The van der Waals surface area contributed by atoms with E-state index in [9.17, 15) is 21.6 Å². The highest BCUT2D eigenvalue weighted by atomic mass is 32.2. The summed E-state index contributed by atoms with van der Waals surface area (Å²) in [6, 6.07) is 0. The summed E-state index contributed by atoms with van der Waals surface area (Å²) in [7, 11) is -2.87. The lowest BCUT2D eigenvalue weighted by molar-refractivity contribution is -0.136. The zero-order valence-electron chi connectivity index (χ0n) is 11.3. The SMILES string of the molecule is Cc1nn(C)c(C)c1S(=O)(=O)N(CCO)CC(F)(F)F. The lowest BCUT2D eigenvalue weighted by atomic mass is 10.4. The van der Waals surface area contributed by atoms with E-state index < -0.39 is 35.9 Å². The van der Waals surface area contributed by atoms with E-state index in [-0.39, 0.29) is 20.6 Å². The smallest absolute Gasteiger partial charge is 0.395 e. The molecule has 0 saturated heterocycles. The molecule has 0 radical (unpaired) electrons. The van der Waals surface area contributed by atoms with E-state index in [1.54, 1.807) is 0 Å². The summed E-state index contributed by atoms with van der Waals surface area (Å²) in [4.78, 5) is -0.252. The van der Waals surface area contributed by atoms with Gasteiger partial charge in [0.15, 0.2) is 0 Å². The molecule has 0 aromatic carbocycles. The first-order valence-electron chi connectivity index (χ1n) is 5.68. The van der Waals surface area contributed by atoms with E-state index in [4.69, 9.17) is 5.11 Å². The fourth-order valence-corrected chi connectivity index (χ4v) is 3.67. The molecule has 10 heteroatoms. The van der Waals surface area contributed by atoms with E-state index in [0.717, 1.165) is 0 Å². The molecule has 1 aromatic rings. The number of sulfonamides is 1. The van der Waals surface area contributed by atoms with Gasteiger partial charge in [-0.1, -0.05) is 0 Å². The first-order valence-corrected chi connectivity index (χ1v) is 7.12. The van der Waals surface area contributed by atoms with Crippen LogP contribution in [0, 0.1) is 13.8 Å². The molecule has 1 rings (SSSR count). The van der Waals surface area contributed by atoms with Crippen molar-refractivity contribution in [3.8, 4) is 0 Å². The van der Waals surface area contributed by atoms with E-state index in [0.29, 0.717) is 0 Å². The largest absolute Gasteiger partial charge is 0.402 e. The fourth-order valence-electron chi connectivity index (χ4n) is 1.85. The van der Waals surface area contributed by atoms with Gasteiger partial charge in [0.1, 0.15) is 11.4 Å². The number of alkyl halides is 3. The highest BCUT2D eigenvalue weighted by Gasteiger charge is 2.38. The number of aromatic nitrogens is 2. The lowest BCUT2D eigenvalue weighted by Gasteiger charge is -2.22. The number of rotatable bonds is 5. The van der Waals surface area contributed by atoms with Crippen LogP contribution in [0.25, 0.3) is 0 Å². The van der Waals surface area contributed by atoms with Crippen LogP contribution in [0.2, 0.25) is 0 Å². The normalized spacial score (nSPS) is 13.2. The predicted octanol–water partition coefficient (Wildman–Crippen LogP) is 0.582. The van der Waals surface area contributed by atoms with Gasteiger partial charge in [-0.25, -0.2) is 8.42 Å². The monoisotopic (exact) mass is 315 g/mol. The van der Waals surface area contributed by atoms with Gasteiger partial charge in [0.25, 0.3) is 0 Å². The summed E-state index contributed by atoms with van der Waals surface area (Å²) in [5.41, 5.74) is 0.364. The number of nitrogens with zero attached hydrogens (tertiary/aromatic N) is 3. The predicted molar refractivity (Wildman–Crippen MR) is 64.6 cm³/mol. The van der Waals surface area contributed by atoms with Gasteiger partial charge in [-0.05, 0) is 13.8 Å². The number of aliphatic hydroxyl groups is 1. The highest BCUT2D eigenvalue weighted by molar-refractivity contribution is 7.89. The molecule has 1 aromatic heterocycles. The van der Waals surface area contributed by atoms with Gasteiger partial charge in [-0.3, -0.25) is 4.68 Å². The highest BCUT2D eigenvalue weighted by Crippen LogP contribution is 2.26. The van der Waals surface area contributed by atoms with Crippen molar-refractivity contribution in [3.63, 3.8) is 0 Å². The van der Waals surface area contributed by atoms with Crippen LogP contribution < -0.4 is 0 Å². The third-order valence-electron chi connectivity index (χ3n) is 2.75. The maximum atomic E-state index is 12.5. The number of hydrogen-bond acceptors (Lipinski definition) is 4. The first kappa shape index (κ1) is 16.9. The second-order valence-corrected chi connectivity index (χ2v) is 6.18. The Morgan fingerprint density at radius 3 is 2.25 bits per heavy atom. The Labute approximate surface area is 114 Å². The molecule has 1 heterocycles. The zero-order chi connectivity index (χ0) is 15.7. The molecule has 20 heavy (non-hydrogen) atoms. The number of aliphatic hydroxyl groups excluding tert-OH is 1. The van der Waals surface area contributed by atoms with Gasteiger partial charge in [0.2, 0.25) is 10.0 Å². The van der Waals surface area contributed by atoms with Gasteiger partial charge >= 0.3 is 6.18 Å². The van der Waals surface area contributed by atoms with Crippen LogP contribution in [0.3, 0.4) is 0 Å². The molecule has 0 aliphatic heterocycles. The Morgan fingerprint density at radius 1 is 1.35 bits per heavy atom. The minimum Gasteiger partial charge on any atom is -0.395 e. The van der Waals surface area contributed by atoms with Gasteiger partial charge in [-0.15, -0.1) is 0 Å². The molecular formula is C10H16F3N3O3S. The summed E-state index contributed by atoms with van der Waals surface area (Å²) in [5, 5.41) is 12.7. The van der Waals surface area contributed by atoms with E-state index in [1.165, 1.54) is 25.6 Å². The second kappa shape index (κ2) is 5.70. The van der Waals surface area contributed by atoms with Gasteiger partial charge in [0, 0.05) is 13.6 Å². The van der Waals surface area contributed by atoms with Crippen molar-refractivity contribution in [3.05, 3.63) is 11.4 Å². The molecular weight excluding hydrogens is 299 g/mol. The molecule has 0 atom stereocenters. The van der Waals surface area contributed by atoms with Crippen molar-refractivity contribution in [1.29, 1.82) is 0 Å². The summed E-state index contributed by atoms with van der Waals surface area (Å²) < 4.78 is 63.5. The summed E-state index contributed by atoms with van der Waals surface area (Å²) in [5.74, 6) is 0. The van der Waals surface area contributed by atoms with Gasteiger partial charge in [-0.2, -0.15) is 22.6 Å². The fraction of sp³-hybridized carbons (Fsp3) is 0.700. The third-order valence-corrected chi connectivity index (χ3v) is 4.84. The topological polar surface area (TPSA) is 75.4 Å². The Balaban J connectivity index is 3.30. The molecule has 0 bridgehead atoms. The van der Waals surface area contributed by atoms with Crippen molar-refractivity contribution in [2.24, 2.45) is 7.05 Å². The molecule has 0 aliphatic carbocycles. The van der Waals surface area contributed by atoms with Gasteiger partial charge in [0.05, 0.1) is 18.0 Å². The average molecular weight is 315 g/mol. The molecule has 116 valence electrons. The molecule has 1 N–H and O–H groups in total. The molecule has 0 aliphatic rings. The van der Waals surface area contributed by atoms with Crippen LogP contribution in [-0.4, -0.2) is 53.5 Å². The maximum absolute atomic E-state index is 12.5. The number of aryl methyl sites for hydroxylation is 2. The average Bonchev–Trinajstić information content (AvgIpc) is 2.50. The maximum Gasteiger partial charge on any atom is 0.402 e. The Morgan fingerprint density at radius 2 is 1.90 bits per heavy atom. The molecule has 6 nitrogen and oxygen atoms in total. The van der Waals surface area contributed by atoms with Crippen molar-refractivity contribution in [2.45, 2.75) is 24.9 Å². The minimum atomic E-state index is -4.69. The molecule has 0 saturated carbocycles. The first-order chi connectivity index (χ1) is 9.00. The van der Waals surface area contributed by atoms with Crippen molar-refractivity contribution in [1.82, 2.24) is 14.1 Å². The third kappa shape index (κ3) is 3.49. The van der Waals surface area contributed by atoms with E-state index >= 15 is 0 Å². The lowest BCUT2D eigenvalue weighted by Crippen LogP contribution is -2.41. The van der Waals surface area contributed by atoms with Crippen LogP contribution in [0.15, 0.2) is 4.90 Å². The molecule has 0 fully saturated rings. The minimum absolute atomic E-state index is 0.120. The Hall–Kier alpha value is -1.13. The molecule has 0 amide bonds. The standard InChI is InChI=1S/C10H16F3N3O3S/c1-7-9(8(2)15(3)14-7)20(18,19)16(4-5-17)6-10(11,12)13/h17H,4-6H2,1-3H3. The molecule has 0 spiro atoms. The summed E-state index contributed by atoms with van der Waals surface area (Å²) in [6.07, 6.45) is -4.69. The second-order valence-electron chi connectivity index (χ2n) is 4.30.